The molecule has 0 saturated heterocycles. The van der Waals surface area contributed by atoms with Gasteiger partial charge in [-0.1, -0.05) is 36.2 Å². The fourth-order valence-corrected chi connectivity index (χ4v) is 2.21. The van der Waals surface area contributed by atoms with Crippen molar-refractivity contribution in [1.82, 2.24) is 20.1 Å². The van der Waals surface area contributed by atoms with Crippen LogP contribution in [0.25, 0.3) is 0 Å². The molecular weight excluding hydrogens is 236 g/mol. The highest BCUT2D eigenvalue weighted by atomic mass is 15.3. The molecule has 0 amide bonds. The van der Waals surface area contributed by atoms with Gasteiger partial charge in [-0.15, -0.1) is 0 Å². The highest BCUT2D eigenvalue weighted by Gasteiger charge is 2.02. The summed E-state index contributed by atoms with van der Waals surface area (Å²) in [6, 6.07) is 6.58. The quantitative estimate of drug-likeness (QED) is 0.809. The van der Waals surface area contributed by atoms with Crippen molar-refractivity contribution in [2.45, 2.75) is 40.3 Å². The predicted octanol–water partition coefficient (Wildman–Crippen LogP) is 2.44. The Morgan fingerprint density at radius 1 is 1.16 bits per heavy atom. The maximum atomic E-state index is 4.48. The van der Waals surface area contributed by atoms with Gasteiger partial charge in [0.1, 0.15) is 6.33 Å². The summed E-state index contributed by atoms with van der Waals surface area (Å²) in [6.45, 7) is 8.93. The highest BCUT2D eigenvalue weighted by molar-refractivity contribution is 5.28. The van der Waals surface area contributed by atoms with Gasteiger partial charge < -0.3 is 5.32 Å². The molecule has 0 radical (unpaired) electrons. The van der Waals surface area contributed by atoms with Gasteiger partial charge in [-0.25, -0.2) is 9.67 Å². The van der Waals surface area contributed by atoms with Crippen LogP contribution in [0.1, 0.15) is 35.9 Å². The SMILES string of the molecule is CCCNCc1ncn(Cc2cc(C)cc(C)c2)n1. The van der Waals surface area contributed by atoms with Gasteiger partial charge >= 0.3 is 0 Å². The van der Waals surface area contributed by atoms with Crippen LogP contribution in [-0.2, 0) is 13.1 Å². The van der Waals surface area contributed by atoms with Gasteiger partial charge in [0.25, 0.3) is 0 Å². The zero-order chi connectivity index (χ0) is 13.7. The van der Waals surface area contributed by atoms with Crippen molar-refractivity contribution in [1.29, 1.82) is 0 Å². The first kappa shape index (κ1) is 13.7. The Morgan fingerprint density at radius 3 is 2.58 bits per heavy atom. The van der Waals surface area contributed by atoms with Crippen LogP contribution < -0.4 is 5.32 Å². The lowest BCUT2D eigenvalue weighted by Crippen LogP contribution is -2.15. The van der Waals surface area contributed by atoms with Crippen molar-refractivity contribution in [2.75, 3.05) is 6.54 Å². The summed E-state index contributed by atoms with van der Waals surface area (Å²) in [5.74, 6) is 0.859. The molecule has 1 aromatic heterocycles. The Balaban J connectivity index is 1.99. The zero-order valence-corrected chi connectivity index (χ0v) is 12.0. The molecule has 1 N–H and O–H groups in total. The fraction of sp³-hybridized carbons (Fsp3) is 0.467. The Morgan fingerprint density at radius 2 is 1.89 bits per heavy atom. The summed E-state index contributed by atoms with van der Waals surface area (Å²) in [6.07, 6.45) is 2.93. The number of benzene rings is 1. The van der Waals surface area contributed by atoms with Crippen molar-refractivity contribution >= 4 is 0 Å². The van der Waals surface area contributed by atoms with E-state index in [0.29, 0.717) is 0 Å². The van der Waals surface area contributed by atoms with Crippen molar-refractivity contribution < 1.29 is 0 Å². The summed E-state index contributed by atoms with van der Waals surface area (Å²) in [5.41, 5.74) is 3.86. The third kappa shape index (κ3) is 4.17. The van der Waals surface area contributed by atoms with Gasteiger partial charge in [0.2, 0.25) is 0 Å². The molecule has 0 spiro atoms. The third-order valence-electron chi connectivity index (χ3n) is 2.92. The number of nitrogens with one attached hydrogen (secondary N) is 1. The first-order valence-electron chi connectivity index (χ1n) is 6.83. The van der Waals surface area contributed by atoms with Gasteiger partial charge in [0.05, 0.1) is 13.1 Å². The highest BCUT2D eigenvalue weighted by Crippen LogP contribution is 2.10. The number of rotatable bonds is 6. The number of hydrogen-bond acceptors (Lipinski definition) is 3. The van der Waals surface area contributed by atoms with Crippen molar-refractivity contribution in [3.8, 4) is 0 Å². The van der Waals surface area contributed by atoms with E-state index in [1.165, 1.54) is 16.7 Å². The van der Waals surface area contributed by atoms with Gasteiger partial charge in [-0.2, -0.15) is 5.10 Å². The van der Waals surface area contributed by atoms with E-state index in [1.54, 1.807) is 6.33 Å². The van der Waals surface area contributed by atoms with Crippen molar-refractivity contribution in [2.24, 2.45) is 0 Å². The van der Waals surface area contributed by atoms with Crippen LogP contribution in [0.4, 0.5) is 0 Å². The number of aryl methyl sites for hydroxylation is 2. The predicted molar refractivity (Wildman–Crippen MR) is 77.0 cm³/mol. The molecule has 1 aromatic carbocycles. The van der Waals surface area contributed by atoms with Gasteiger partial charge in [-0.3, -0.25) is 0 Å². The minimum absolute atomic E-state index is 0.744. The Labute approximate surface area is 114 Å². The second-order valence-electron chi connectivity index (χ2n) is 5.03. The van der Waals surface area contributed by atoms with E-state index in [-0.39, 0.29) is 0 Å². The van der Waals surface area contributed by atoms with Gasteiger partial charge in [0.15, 0.2) is 5.82 Å². The first-order chi connectivity index (χ1) is 9.17. The molecule has 0 bridgehead atoms. The molecule has 19 heavy (non-hydrogen) atoms. The van der Waals surface area contributed by atoms with E-state index >= 15 is 0 Å². The maximum Gasteiger partial charge on any atom is 0.164 e. The van der Waals surface area contributed by atoms with Crippen molar-refractivity contribution in [3.63, 3.8) is 0 Å². The van der Waals surface area contributed by atoms with Crippen LogP contribution in [0.5, 0.6) is 0 Å². The molecule has 102 valence electrons. The molecule has 0 aliphatic carbocycles. The summed E-state index contributed by atoms with van der Waals surface area (Å²) in [5, 5.41) is 7.79. The van der Waals surface area contributed by atoms with Crippen LogP contribution >= 0.6 is 0 Å². The lowest BCUT2D eigenvalue weighted by atomic mass is 10.1. The summed E-state index contributed by atoms with van der Waals surface area (Å²) in [4.78, 5) is 4.32. The lowest BCUT2D eigenvalue weighted by Gasteiger charge is -2.04. The monoisotopic (exact) mass is 258 g/mol. The smallest absolute Gasteiger partial charge is 0.164 e. The minimum Gasteiger partial charge on any atom is -0.310 e. The first-order valence-corrected chi connectivity index (χ1v) is 6.83. The zero-order valence-electron chi connectivity index (χ0n) is 12.0. The van der Waals surface area contributed by atoms with E-state index in [2.05, 4.69) is 54.4 Å². The number of hydrogen-bond donors (Lipinski definition) is 1. The van der Waals surface area contributed by atoms with Gasteiger partial charge in [-0.05, 0) is 32.4 Å². The molecule has 2 rings (SSSR count). The average molecular weight is 258 g/mol. The normalized spacial score (nSPS) is 10.9. The molecular formula is C15H22N4. The molecule has 0 fully saturated rings. The van der Waals surface area contributed by atoms with E-state index in [9.17, 15) is 0 Å². The summed E-state index contributed by atoms with van der Waals surface area (Å²) in [7, 11) is 0. The topological polar surface area (TPSA) is 42.7 Å². The maximum absolute atomic E-state index is 4.48. The van der Waals surface area contributed by atoms with E-state index in [1.807, 2.05) is 4.68 Å². The second kappa shape index (κ2) is 6.48. The molecule has 0 saturated carbocycles. The Kier molecular flexibility index (Phi) is 4.68. The van der Waals surface area contributed by atoms with Crippen LogP contribution in [-0.4, -0.2) is 21.3 Å². The van der Waals surface area contributed by atoms with Crippen LogP contribution in [0, 0.1) is 13.8 Å². The Bertz CT molecular complexity index is 510. The molecule has 0 atom stereocenters. The molecule has 4 heteroatoms. The lowest BCUT2D eigenvalue weighted by molar-refractivity contribution is 0.625. The third-order valence-corrected chi connectivity index (χ3v) is 2.92. The average Bonchev–Trinajstić information content (AvgIpc) is 2.76. The van der Waals surface area contributed by atoms with Crippen molar-refractivity contribution in [3.05, 3.63) is 47.0 Å². The molecule has 0 aliphatic heterocycles. The Hall–Kier alpha value is -1.68. The standard InChI is InChI=1S/C15H22N4/c1-4-5-16-9-15-17-11-19(18-15)10-14-7-12(2)6-13(3)8-14/h6-8,11,16H,4-5,9-10H2,1-3H3. The molecule has 0 unspecified atom stereocenters. The largest absolute Gasteiger partial charge is 0.310 e. The summed E-state index contributed by atoms with van der Waals surface area (Å²) >= 11 is 0. The van der Waals surface area contributed by atoms with Crippen LogP contribution in [0.3, 0.4) is 0 Å². The van der Waals surface area contributed by atoms with E-state index in [0.717, 1.165) is 31.9 Å². The van der Waals surface area contributed by atoms with Crippen LogP contribution in [0.2, 0.25) is 0 Å². The molecule has 1 heterocycles. The summed E-state index contributed by atoms with van der Waals surface area (Å²) < 4.78 is 1.90. The van der Waals surface area contributed by atoms with E-state index < -0.39 is 0 Å². The second-order valence-corrected chi connectivity index (χ2v) is 5.03. The molecule has 0 aliphatic rings. The minimum atomic E-state index is 0.744. The number of nitrogens with zero attached hydrogens (tertiary/aromatic N) is 3. The van der Waals surface area contributed by atoms with E-state index in [4.69, 9.17) is 0 Å². The number of aromatic nitrogens is 3. The van der Waals surface area contributed by atoms with Gasteiger partial charge in [0, 0.05) is 0 Å². The molecule has 2 aromatic rings. The molecule has 4 nitrogen and oxygen atoms in total. The fourth-order valence-electron chi connectivity index (χ4n) is 2.21. The van der Waals surface area contributed by atoms with Crippen LogP contribution in [0.15, 0.2) is 24.5 Å².